The number of hydrogen-bond donors (Lipinski definition) is 2. The van der Waals surface area contributed by atoms with E-state index in [0.29, 0.717) is 35.3 Å². The first-order valence-corrected chi connectivity index (χ1v) is 9.47. The van der Waals surface area contributed by atoms with E-state index in [9.17, 15) is 8.42 Å². The van der Waals surface area contributed by atoms with E-state index in [4.69, 9.17) is 5.73 Å². The van der Waals surface area contributed by atoms with E-state index < -0.39 is 15.6 Å². The molecule has 2 rings (SSSR count). The summed E-state index contributed by atoms with van der Waals surface area (Å²) >= 11 is 0. The van der Waals surface area contributed by atoms with Crippen LogP contribution in [0.15, 0.2) is 4.90 Å². The highest BCUT2D eigenvalue weighted by Gasteiger charge is 2.38. The standard InChI is InChI=1S/C15H28N4O2S/c1-11(2)9-19-13(4)14(12(3)17-19)22(20,21)18-15(10-16)7-5-6-8-15/h11,18H,5-10,16H2,1-4H3. The lowest BCUT2D eigenvalue weighted by molar-refractivity contribution is 0.399. The van der Waals surface area contributed by atoms with E-state index in [-0.39, 0.29) is 0 Å². The van der Waals surface area contributed by atoms with Crippen LogP contribution in [-0.4, -0.2) is 30.3 Å². The monoisotopic (exact) mass is 328 g/mol. The normalized spacial score (nSPS) is 18.3. The lowest BCUT2D eigenvalue weighted by Gasteiger charge is -2.28. The third-order valence-electron chi connectivity index (χ3n) is 4.42. The van der Waals surface area contributed by atoms with E-state index in [1.165, 1.54) is 0 Å². The van der Waals surface area contributed by atoms with Gasteiger partial charge in [-0.3, -0.25) is 4.68 Å². The van der Waals surface area contributed by atoms with E-state index in [1.807, 2.05) is 6.92 Å². The Bertz CT molecular complexity index is 628. The molecular formula is C15H28N4O2S. The summed E-state index contributed by atoms with van der Waals surface area (Å²) < 4.78 is 30.4. The molecule has 6 nitrogen and oxygen atoms in total. The SMILES string of the molecule is Cc1nn(CC(C)C)c(C)c1S(=O)(=O)NC1(CN)CCCC1. The first-order chi connectivity index (χ1) is 10.2. The maximum Gasteiger partial charge on any atom is 0.244 e. The maximum atomic E-state index is 12.9. The van der Waals surface area contributed by atoms with Crippen molar-refractivity contribution in [3.63, 3.8) is 0 Å². The van der Waals surface area contributed by atoms with Crippen LogP contribution in [0.2, 0.25) is 0 Å². The summed E-state index contributed by atoms with van der Waals surface area (Å²) in [5.41, 5.74) is 6.61. The Morgan fingerprint density at radius 1 is 1.32 bits per heavy atom. The van der Waals surface area contributed by atoms with Crippen LogP contribution in [0.1, 0.15) is 50.9 Å². The molecule has 1 saturated carbocycles. The fourth-order valence-corrected chi connectivity index (χ4v) is 5.21. The molecule has 0 bridgehead atoms. The Morgan fingerprint density at radius 3 is 2.41 bits per heavy atom. The number of aryl methyl sites for hydroxylation is 1. The smallest absolute Gasteiger partial charge is 0.244 e. The average molecular weight is 328 g/mol. The molecule has 0 atom stereocenters. The fraction of sp³-hybridized carbons (Fsp3) is 0.800. The molecule has 1 aliphatic carbocycles. The van der Waals surface area contributed by atoms with Gasteiger partial charge in [-0.1, -0.05) is 26.7 Å². The highest BCUT2D eigenvalue weighted by molar-refractivity contribution is 7.89. The van der Waals surface area contributed by atoms with Crippen molar-refractivity contribution < 1.29 is 8.42 Å². The van der Waals surface area contributed by atoms with Gasteiger partial charge in [0.25, 0.3) is 0 Å². The molecule has 3 N–H and O–H groups in total. The zero-order chi connectivity index (χ0) is 16.5. The summed E-state index contributed by atoms with van der Waals surface area (Å²) in [5, 5.41) is 4.41. The molecule has 7 heteroatoms. The van der Waals surface area contributed by atoms with Gasteiger partial charge in [0.2, 0.25) is 10.0 Å². The molecule has 22 heavy (non-hydrogen) atoms. The lowest BCUT2D eigenvalue weighted by Crippen LogP contribution is -2.51. The van der Waals surface area contributed by atoms with Crippen LogP contribution in [0.5, 0.6) is 0 Å². The molecule has 1 aromatic heterocycles. The number of nitrogens with one attached hydrogen (secondary N) is 1. The molecule has 1 aliphatic rings. The predicted octanol–water partition coefficient (Wildman–Crippen LogP) is 1.71. The van der Waals surface area contributed by atoms with Crippen LogP contribution in [0.3, 0.4) is 0 Å². The highest BCUT2D eigenvalue weighted by Crippen LogP contribution is 2.31. The van der Waals surface area contributed by atoms with E-state index in [2.05, 4.69) is 23.7 Å². The highest BCUT2D eigenvalue weighted by atomic mass is 32.2. The molecule has 0 aliphatic heterocycles. The van der Waals surface area contributed by atoms with E-state index in [1.54, 1.807) is 11.6 Å². The topological polar surface area (TPSA) is 90.0 Å². The maximum absolute atomic E-state index is 12.9. The minimum atomic E-state index is -3.60. The van der Waals surface area contributed by atoms with Gasteiger partial charge in [0.1, 0.15) is 4.90 Å². The summed E-state index contributed by atoms with van der Waals surface area (Å²) in [5.74, 6) is 0.409. The third-order valence-corrected chi connectivity index (χ3v) is 6.25. The minimum Gasteiger partial charge on any atom is -0.329 e. The zero-order valence-corrected chi connectivity index (χ0v) is 14.8. The van der Waals surface area contributed by atoms with E-state index >= 15 is 0 Å². The molecule has 0 unspecified atom stereocenters. The Morgan fingerprint density at radius 2 is 1.91 bits per heavy atom. The van der Waals surface area contributed by atoms with Gasteiger partial charge < -0.3 is 5.73 Å². The molecule has 0 saturated heterocycles. The van der Waals surface area contributed by atoms with Crippen LogP contribution < -0.4 is 10.5 Å². The van der Waals surface area contributed by atoms with Gasteiger partial charge >= 0.3 is 0 Å². The van der Waals surface area contributed by atoms with Crippen molar-refractivity contribution in [3.8, 4) is 0 Å². The largest absolute Gasteiger partial charge is 0.329 e. The quantitative estimate of drug-likeness (QED) is 0.832. The van der Waals surface area contributed by atoms with Crippen molar-refractivity contribution >= 4 is 10.0 Å². The molecule has 0 amide bonds. The van der Waals surface area contributed by atoms with Crippen molar-refractivity contribution in [2.45, 2.75) is 70.4 Å². The average Bonchev–Trinajstić information content (AvgIpc) is 2.95. The zero-order valence-electron chi connectivity index (χ0n) is 14.0. The molecule has 126 valence electrons. The first kappa shape index (κ1) is 17.4. The van der Waals surface area contributed by atoms with Crippen molar-refractivity contribution in [1.82, 2.24) is 14.5 Å². The van der Waals surface area contributed by atoms with Gasteiger partial charge in [-0.25, -0.2) is 13.1 Å². The van der Waals surface area contributed by atoms with Crippen molar-refractivity contribution in [2.75, 3.05) is 6.54 Å². The Hall–Kier alpha value is -0.920. The van der Waals surface area contributed by atoms with E-state index in [0.717, 1.165) is 25.7 Å². The number of hydrogen-bond acceptors (Lipinski definition) is 4. The van der Waals surface area contributed by atoms with Gasteiger partial charge in [-0.15, -0.1) is 0 Å². The number of aromatic nitrogens is 2. The molecule has 1 fully saturated rings. The van der Waals surface area contributed by atoms with Crippen LogP contribution in [-0.2, 0) is 16.6 Å². The summed E-state index contributed by atoms with van der Waals surface area (Å²) in [6, 6.07) is 0. The predicted molar refractivity (Wildman–Crippen MR) is 87.1 cm³/mol. The Balaban J connectivity index is 2.35. The second-order valence-corrected chi connectivity index (χ2v) is 8.49. The summed E-state index contributed by atoms with van der Waals surface area (Å²) in [6.45, 7) is 8.80. The van der Waals surface area contributed by atoms with Crippen molar-refractivity contribution in [2.24, 2.45) is 11.7 Å². The van der Waals surface area contributed by atoms with Gasteiger partial charge in [0, 0.05) is 18.6 Å². The van der Waals surface area contributed by atoms with Crippen molar-refractivity contribution in [1.29, 1.82) is 0 Å². The molecule has 0 spiro atoms. The number of sulfonamides is 1. The van der Waals surface area contributed by atoms with Crippen LogP contribution in [0.25, 0.3) is 0 Å². The van der Waals surface area contributed by atoms with Crippen LogP contribution >= 0.6 is 0 Å². The molecule has 1 heterocycles. The summed E-state index contributed by atoms with van der Waals surface area (Å²) in [6.07, 6.45) is 3.65. The number of nitrogens with two attached hydrogens (primary N) is 1. The Kier molecular flexibility index (Phi) is 4.99. The molecule has 0 aromatic carbocycles. The van der Waals surface area contributed by atoms with Crippen molar-refractivity contribution in [3.05, 3.63) is 11.4 Å². The van der Waals surface area contributed by atoms with Gasteiger partial charge in [0.05, 0.1) is 11.4 Å². The summed E-state index contributed by atoms with van der Waals surface area (Å²) in [4.78, 5) is 0.313. The first-order valence-electron chi connectivity index (χ1n) is 7.99. The Labute approximate surface area is 133 Å². The summed E-state index contributed by atoms with van der Waals surface area (Å²) in [7, 11) is -3.60. The minimum absolute atomic E-state index is 0.313. The fourth-order valence-electron chi connectivity index (χ4n) is 3.33. The second kappa shape index (κ2) is 6.29. The van der Waals surface area contributed by atoms with Gasteiger partial charge in [-0.05, 0) is 32.6 Å². The molecule has 0 radical (unpaired) electrons. The van der Waals surface area contributed by atoms with Crippen LogP contribution in [0, 0.1) is 19.8 Å². The van der Waals surface area contributed by atoms with Gasteiger partial charge in [0.15, 0.2) is 0 Å². The van der Waals surface area contributed by atoms with Gasteiger partial charge in [-0.2, -0.15) is 5.10 Å². The lowest BCUT2D eigenvalue weighted by atomic mass is 10.0. The number of rotatable bonds is 6. The second-order valence-electron chi connectivity index (χ2n) is 6.87. The molecular weight excluding hydrogens is 300 g/mol. The molecule has 1 aromatic rings. The number of nitrogens with zero attached hydrogens (tertiary/aromatic N) is 2. The third kappa shape index (κ3) is 3.36. The van der Waals surface area contributed by atoms with Crippen LogP contribution in [0.4, 0.5) is 0 Å².